The normalized spacial score (nSPS) is 16.5. The SMILES string of the molecule is Cc1ccc(B2OC(C)(C)C(C)(C)O2)c(S(=O)(=O)c2cnc3[nH]cc(-c4ccc(C(=O)N(C)C)cc4)c3n2)c1. The summed E-state index contributed by atoms with van der Waals surface area (Å²) in [6.07, 6.45) is 2.99. The van der Waals surface area contributed by atoms with Gasteiger partial charge in [-0.15, -0.1) is 0 Å². The molecule has 0 aliphatic carbocycles. The van der Waals surface area contributed by atoms with Gasteiger partial charge in [0.25, 0.3) is 5.91 Å². The summed E-state index contributed by atoms with van der Waals surface area (Å²) in [6.45, 7) is 9.52. The molecule has 0 radical (unpaired) electrons. The van der Waals surface area contributed by atoms with Gasteiger partial charge in [-0.25, -0.2) is 18.4 Å². The lowest BCUT2D eigenvalue weighted by Gasteiger charge is -2.32. The van der Waals surface area contributed by atoms with Crippen LogP contribution >= 0.6 is 0 Å². The van der Waals surface area contributed by atoms with E-state index in [1.54, 1.807) is 56.7 Å². The highest BCUT2D eigenvalue weighted by Gasteiger charge is 2.53. The Balaban J connectivity index is 1.57. The second-order valence-corrected chi connectivity index (χ2v) is 12.9. The highest BCUT2D eigenvalue weighted by atomic mass is 32.2. The van der Waals surface area contributed by atoms with Gasteiger partial charge in [0.2, 0.25) is 9.84 Å². The molecule has 39 heavy (non-hydrogen) atoms. The molecule has 0 saturated carbocycles. The first-order chi connectivity index (χ1) is 18.2. The zero-order chi connectivity index (χ0) is 28.3. The number of hydrogen-bond acceptors (Lipinski definition) is 7. The van der Waals surface area contributed by atoms with Crippen molar-refractivity contribution in [3.63, 3.8) is 0 Å². The number of aromatic nitrogens is 3. The molecule has 0 spiro atoms. The number of carbonyl (C=O) groups excluding carboxylic acids is 1. The summed E-state index contributed by atoms with van der Waals surface area (Å²) in [4.78, 5) is 25.8. The predicted octanol–water partition coefficient (Wildman–Crippen LogP) is 3.77. The molecule has 5 rings (SSSR count). The van der Waals surface area contributed by atoms with Gasteiger partial charge in [-0.1, -0.05) is 24.3 Å². The van der Waals surface area contributed by atoms with Crippen molar-refractivity contribution in [1.82, 2.24) is 19.9 Å². The molecule has 11 heteroatoms. The first-order valence-corrected chi connectivity index (χ1v) is 14.1. The third-order valence-electron chi connectivity index (χ3n) is 7.45. The van der Waals surface area contributed by atoms with Crippen LogP contribution in [0.25, 0.3) is 22.3 Å². The number of nitrogens with zero attached hydrogens (tertiary/aromatic N) is 3. The van der Waals surface area contributed by atoms with Crippen molar-refractivity contribution in [2.24, 2.45) is 0 Å². The van der Waals surface area contributed by atoms with E-state index in [2.05, 4.69) is 15.0 Å². The first kappa shape index (κ1) is 27.0. The zero-order valence-electron chi connectivity index (χ0n) is 23.1. The van der Waals surface area contributed by atoms with Crippen molar-refractivity contribution < 1.29 is 22.5 Å². The third-order valence-corrected chi connectivity index (χ3v) is 9.13. The number of aromatic amines is 1. The molecule has 1 N–H and O–H groups in total. The number of sulfone groups is 1. The summed E-state index contributed by atoms with van der Waals surface area (Å²) in [5, 5.41) is -0.182. The summed E-state index contributed by atoms with van der Waals surface area (Å²) in [5.41, 5.74) is 2.79. The second-order valence-electron chi connectivity index (χ2n) is 11.0. The lowest BCUT2D eigenvalue weighted by molar-refractivity contribution is 0.00578. The van der Waals surface area contributed by atoms with Gasteiger partial charge in [-0.05, 0) is 63.9 Å². The van der Waals surface area contributed by atoms with Crippen molar-refractivity contribution >= 4 is 39.5 Å². The van der Waals surface area contributed by atoms with Gasteiger partial charge in [-0.3, -0.25) is 4.79 Å². The minimum atomic E-state index is -4.10. The van der Waals surface area contributed by atoms with Crippen LogP contribution in [-0.4, -0.2) is 66.6 Å². The highest BCUT2D eigenvalue weighted by molar-refractivity contribution is 7.91. The van der Waals surface area contributed by atoms with Crippen molar-refractivity contribution in [1.29, 1.82) is 0 Å². The molecule has 0 atom stereocenters. The standard InChI is InChI=1S/C28H31BN4O5S/c1-17-8-13-21(29-37-27(2,3)28(4,5)38-29)22(14-17)39(35,36)23-16-31-25-24(32-23)20(15-30-25)18-9-11-19(12-10-18)26(34)33(6)7/h8-16H,1-7H3,(H,30,31). The molecule has 1 aliphatic heterocycles. The number of benzene rings is 2. The van der Waals surface area contributed by atoms with Crippen LogP contribution in [0.15, 0.2) is 64.8 Å². The number of amides is 1. The lowest BCUT2D eigenvalue weighted by Crippen LogP contribution is -2.41. The molecule has 1 saturated heterocycles. The molecule has 3 heterocycles. The molecular weight excluding hydrogens is 515 g/mol. The van der Waals surface area contributed by atoms with E-state index >= 15 is 0 Å². The summed E-state index contributed by atoms with van der Waals surface area (Å²) in [5.74, 6) is -0.107. The van der Waals surface area contributed by atoms with E-state index in [0.29, 0.717) is 27.8 Å². The van der Waals surface area contributed by atoms with Crippen LogP contribution in [0.4, 0.5) is 0 Å². The van der Waals surface area contributed by atoms with E-state index in [4.69, 9.17) is 9.31 Å². The van der Waals surface area contributed by atoms with Crippen LogP contribution in [-0.2, 0) is 19.1 Å². The van der Waals surface area contributed by atoms with E-state index in [1.165, 1.54) is 11.1 Å². The average Bonchev–Trinajstić information content (AvgIpc) is 3.40. The fraction of sp³-hybridized carbons (Fsp3) is 0.321. The Labute approximate surface area is 228 Å². The Morgan fingerprint density at radius 2 is 1.64 bits per heavy atom. The number of carbonyl (C=O) groups is 1. The van der Waals surface area contributed by atoms with E-state index in [9.17, 15) is 13.2 Å². The molecule has 2 aromatic carbocycles. The first-order valence-electron chi connectivity index (χ1n) is 12.6. The van der Waals surface area contributed by atoms with Crippen LogP contribution in [0.3, 0.4) is 0 Å². The smallest absolute Gasteiger partial charge is 0.399 e. The minimum Gasteiger partial charge on any atom is -0.399 e. The zero-order valence-corrected chi connectivity index (χ0v) is 23.9. The Morgan fingerprint density at radius 3 is 2.26 bits per heavy atom. The fourth-order valence-electron chi connectivity index (χ4n) is 4.43. The molecule has 1 amide bonds. The summed E-state index contributed by atoms with van der Waals surface area (Å²) < 4.78 is 40.4. The van der Waals surface area contributed by atoms with Crippen LogP contribution in [0.5, 0.6) is 0 Å². The molecule has 1 aliphatic rings. The summed E-state index contributed by atoms with van der Waals surface area (Å²) >= 11 is 0. The van der Waals surface area contributed by atoms with E-state index < -0.39 is 28.2 Å². The largest absolute Gasteiger partial charge is 0.496 e. The number of nitrogens with one attached hydrogen (secondary N) is 1. The summed E-state index contributed by atoms with van der Waals surface area (Å²) in [6, 6.07) is 12.2. The minimum absolute atomic E-state index is 0.0679. The average molecular weight is 546 g/mol. The lowest BCUT2D eigenvalue weighted by atomic mass is 9.79. The van der Waals surface area contributed by atoms with Gasteiger partial charge in [-0.2, -0.15) is 0 Å². The highest BCUT2D eigenvalue weighted by Crippen LogP contribution is 2.37. The topological polar surface area (TPSA) is 114 Å². The number of hydrogen-bond donors (Lipinski definition) is 1. The van der Waals surface area contributed by atoms with Crippen LogP contribution < -0.4 is 5.46 Å². The van der Waals surface area contributed by atoms with Crippen molar-refractivity contribution in [3.05, 3.63) is 66.0 Å². The van der Waals surface area contributed by atoms with Crippen LogP contribution in [0.2, 0.25) is 0 Å². The molecule has 202 valence electrons. The molecule has 4 aromatic rings. The van der Waals surface area contributed by atoms with Gasteiger partial charge in [0, 0.05) is 36.9 Å². The van der Waals surface area contributed by atoms with Crippen molar-refractivity contribution in [2.45, 2.75) is 55.7 Å². The summed E-state index contributed by atoms with van der Waals surface area (Å²) in [7, 11) is -1.57. The predicted molar refractivity (Wildman–Crippen MR) is 150 cm³/mol. The van der Waals surface area contributed by atoms with Gasteiger partial charge in [0.1, 0.15) is 5.52 Å². The maximum absolute atomic E-state index is 14.0. The molecule has 1 fully saturated rings. The number of rotatable bonds is 5. The number of H-pyrrole nitrogens is 1. The number of aryl methyl sites for hydroxylation is 1. The van der Waals surface area contributed by atoms with Gasteiger partial charge in [0.05, 0.1) is 22.3 Å². The maximum atomic E-state index is 14.0. The van der Waals surface area contributed by atoms with Crippen LogP contribution in [0, 0.1) is 6.92 Å². The van der Waals surface area contributed by atoms with Gasteiger partial charge >= 0.3 is 7.12 Å². The van der Waals surface area contributed by atoms with Gasteiger partial charge < -0.3 is 19.2 Å². The third kappa shape index (κ3) is 4.64. The van der Waals surface area contributed by atoms with Crippen molar-refractivity contribution in [3.8, 4) is 11.1 Å². The Bertz CT molecular complexity index is 1680. The molecular formula is C28H31BN4O5S. The maximum Gasteiger partial charge on any atom is 0.496 e. The van der Waals surface area contributed by atoms with E-state index in [-0.39, 0.29) is 15.8 Å². The molecule has 9 nitrogen and oxygen atoms in total. The van der Waals surface area contributed by atoms with E-state index in [1.807, 2.05) is 40.7 Å². The van der Waals surface area contributed by atoms with Crippen LogP contribution in [0.1, 0.15) is 43.6 Å². The Hall–Kier alpha value is -3.54. The number of fused-ring (bicyclic) bond motifs is 1. The molecule has 2 aromatic heterocycles. The fourth-order valence-corrected chi connectivity index (χ4v) is 5.87. The Morgan fingerprint density at radius 1 is 1.00 bits per heavy atom. The van der Waals surface area contributed by atoms with Gasteiger partial charge in [0.15, 0.2) is 10.7 Å². The van der Waals surface area contributed by atoms with Crippen molar-refractivity contribution in [2.75, 3.05) is 14.1 Å². The Kier molecular flexibility index (Phi) is 6.44. The quantitative estimate of drug-likeness (QED) is 0.379. The molecule has 0 unspecified atom stereocenters. The monoisotopic (exact) mass is 546 g/mol. The van der Waals surface area contributed by atoms with E-state index in [0.717, 1.165) is 11.1 Å². The second kappa shape index (κ2) is 9.29. The molecule has 0 bridgehead atoms.